The van der Waals surface area contributed by atoms with Gasteiger partial charge < -0.3 is 9.84 Å². The number of amides is 1. The molecule has 9 nitrogen and oxygen atoms in total. The number of sulfonamides is 1. The number of likely N-dealkylation sites (tertiary alicyclic amines) is 1. The van der Waals surface area contributed by atoms with Gasteiger partial charge in [0.2, 0.25) is 27.6 Å². The molecule has 0 radical (unpaired) electrons. The summed E-state index contributed by atoms with van der Waals surface area (Å²) in [6, 6.07) is 14.8. The fraction of sp³-hybridized carbons (Fsp3) is 0.423. The third-order valence-corrected chi connectivity index (χ3v) is 8.91. The Morgan fingerprint density at radius 1 is 1.08 bits per heavy atom. The Morgan fingerprint density at radius 2 is 1.86 bits per heavy atom. The highest BCUT2D eigenvalue weighted by atomic mass is 32.2. The highest BCUT2D eigenvalue weighted by molar-refractivity contribution is 7.89. The van der Waals surface area contributed by atoms with Crippen LogP contribution in [-0.4, -0.2) is 59.8 Å². The average Bonchev–Trinajstić information content (AvgIpc) is 3.59. The van der Waals surface area contributed by atoms with Crippen molar-refractivity contribution in [3.05, 3.63) is 60.0 Å². The number of nitrogens with zero attached hydrogens (tertiary/aromatic N) is 4. The quantitative estimate of drug-likeness (QED) is 0.517. The predicted octanol–water partition coefficient (Wildman–Crippen LogP) is 3.68. The van der Waals surface area contributed by atoms with Gasteiger partial charge in [-0.2, -0.15) is 9.29 Å². The third kappa shape index (κ3) is 5.35. The number of benzene rings is 2. The molecule has 1 atom stereocenters. The number of carbonyl (C=O) groups is 1. The number of carbonyl (C=O) groups excluding carboxylic acids is 1. The highest BCUT2D eigenvalue weighted by Crippen LogP contribution is 2.27. The van der Waals surface area contributed by atoms with Crippen molar-refractivity contribution < 1.29 is 17.7 Å². The minimum absolute atomic E-state index is 0.108. The second-order valence-electron chi connectivity index (χ2n) is 9.53. The summed E-state index contributed by atoms with van der Waals surface area (Å²) in [4.78, 5) is 20.0. The van der Waals surface area contributed by atoms with Gasteiger partial charge in [-0.05, 0) is 56.8 Å². The Balaban J connectivity index is 1.23. The van der Waals surface area contributed by atoms with Crippen LogP contribution in [-0.2, 0) is 21.4 Å². The fourth-order valence-electron chi connectivity index (χ4n) is 4.90. The van der Waals surface area contributed by atoms with Crippen molar-refractivity contribution in [2.24, 2.45) is 5.92 Å². The molecule has 1 aromatic heterocycles. The normalized spacial score (nSPS) is 19.4. The van der Waals surface area contributed by atoms with E-state index < -0.39 is 10.0 Å². The number of aryl methyl sites for hydroxylation is 1. The molecule has 1 N–H and O–H groups in total. The molecular weight excluding hydrogens is 478 g/mol. The Morgan fingerprint density at radius 3 is 2.64 bits per heavy atom. The molecule has 2 aromatic carbocycles. The van der Waals surface area contributed by atoms with Crippen LogP contribution in [0.25, 0.3) is 11.4 Å². The minimum Gasteiger partial charge on any atom is -0.338 e. The van der Waals surface area contributed by atoms with Crippen LogP contribution in [0.1, 0.15) is 37.1 Å². The largest absolute Gasteiger partial charge is 0.338 e. The van der Waals surface area contributed by atoms with Crippen LogP contribution < -0.4 is 5.32 Å². The molecule has 0 saturated carbocycles. The summed E-state index contributed by atoms with van der Waals surface area (Å²) >= 11 is 0. The lowest BCUT2D eigenvalue weighted by Crippen LogP contribution is -2.40. The first-order valence-electron chi connectivity index (χ1n) is 12.4. The Hall–Kier alpha value is -3.08. The number of rotatable bonds is 7. The van der Waals surface area contributed by atoms with Gasteiger partial charge in [0.1, 0.15) is 0 Å². The monoisotopic (exact) mass is 509 g/mol. The summed E-state index contributed by atoms with van der Waals surface area (Å²) in [5.41, 5.74) is 2.08. The van der Waals surface area contributed by atoms with Crippen molar-refractivity contribution in [3.8, 4) is 11.4 Å². The number of hydrogen-bond donors (Lipinski definition) is 1. The lowest BCUT2D eigenvalue weighted by atomic mass is 9.97. The average molecular weight is 510 g/mol. The van der Waals surface area contributed by atoms with Crippen molar-refractivity contribution in [1.82, 2.24) is 19.3 Å². The molecule has 0 bridgehead atoms. The van der Waals surface area contributed by atoms with Crippen molar-refractivity contribution in [1.29, 1.82) is 0 Å². The van der Waals surface area contributed by atoms with E-state index in [9.17, 15) is 13.2 Å². The number of nitrogens with one attached hydrogen (secondary N) is 1. The molecule has 0 aliphatic carbocycles. The van der Waals surface area contributed by atoms with E-state index in [-0.39, 0.29) is 16.7 Å². The minimum atomic E-state index is -3.56. The van der Waals surface area contributed by atoms with E-state index in [1.165, 1.54) is 4.31 Å². The van der Waals surface area contributed by atoms with E-state index in [4.69, 9.17) is 4.52 Å². The molecule has 2 fully saturated rings. The number of anilines is 1. The SMILES string of the molecule is Cc1ccc(NC(=O)C2CCCN(Cc3nc(-c4ccccc4)no3)C2)cc1S(=O)(=O)N1CCCC1. The van der Waals surface area contributed by atoms with Crippen LogP contribution in [0.4, 0.5) is 5.69 Å². The lowest BCUT2D eigenvalue weighted by Gasteiger charge is -2.30. The second-order valence-corrected chi connectivity index (χ2v) is 11.4. The van der Waals surface area contributed by atoms with E-state index >= 15 is 0 Å². The maximum Gasteiger partial charge on any atom is 0.243 e. The van der Waals surface area contributed by atoms with Gasteiger partial charge >= 0.3 is 0 Å². The van der Waals surface area contributed by atoms with E-state index in [1.54, 1.807) is 25.1 Å². The fourth-order valence-corrected chi connectivity index (χ4v) is 6.66. The van der Waals surface area contributed by atoms with E-state index in [0.717, 1.165) is 37.8 Å². The molecule has 1 amide bonds. The topological polar surface area (TPSA) is 109 Å². The number of piperidine rings is 1. The Labute approximate surface area is 211 Å². The molecule has 0 spiro atoms. The zero-order valence-corrected chi connectivity index (χ0v) is 21.2. The molecular formula is C26H31N5O4S. The molecule has 1 unspecified atom stereocenters. The van der Waals surface area contributed by atoms with Gasteiger partial charge in [0, 0.05) is 30.9 Å². The van der Waals surface area contributed by atoms with Crippen molar-refractivity contribution in [2.45, 2.75) is 44.0 Å². The number of aromatic nitrogens is 2. The predicted molar refractivity (Wildman–Crippen MR) is 136 cm³/mol. The zero-order chi connectivity index (χ0) is 25.1. The van der Waals surface area contributed by atoms with Crippen LogP contribution in [0, 0.1) is 12.8 Å². The van der Waals surface area contributed by atoms with Gasteiger partial charge in [-0.1, -0.05) is 41.6 Å². The van der Waals surface area contributed by atoms with Crippen LogP contribution in [0.3, 0.4) is 0 Å². The van der Waals surface area contributed by atoms with E-state index in [1.807, 2.05) is 30.3 Å². The molecule has 3 heterocycles. The molecule has 190 valence electrons. The third-order valence-electron chi connectivity index (χ3n) is 6.87. The van der Waals surface area contributed by atoms with Crippen LogP contribution in [0.15, 0.2) is 57.9 Å². The van der Waals surface area contributed by atoms with Crippen LogP contribution in [0.5, 0.6) is 0 Å². The Kier molecular flexibility index (Phi) is 7.17. The van der Waals surface area contributed by atoms with Gasteiger partial charge in [-0.25, -0.2) is 8.42 Å². The lowest BCUT2D eigenvalue weighted by molar-refractivity contribution is -0.121. The second kappa shape index (κ2) is 10.5. The molecule has 3 aromatic rings. The Bertz CT molecular complexity index is 1320. The first-order valence-corrected chi connectivity index (χ1v) is 13.9. The maximum atomic E-state index is 13.1. The summed E-state index contributed by atoms with van der Waals surface area (Å²) in [5.74, 6) is 0.750. The van der Waals surface area contributed by atoms with Crippen molar-refractivity contribution in [2.75, 3.05) is 31.5 Å². The first kappa shape index (κ1) is 24.6. The van der Waals surface area contributed by atoms with Gasteiger partial charge in [-0.15, -0.1) is 0 Å². The summed E-state index contributed by atoms with van der Waals surface area (Å²) in [5, 5.41) is 7.03. The molecule has 2 saturated heterocycles. The molecule has 36 heavy (non-hydrogen) atoms. The summed E-state index contributed by atoms with van der Waals surface area (Å²) < 4.78 is 33.2. The van der Waals surface area contributed by atoms with Crippen molar-refractivity contribution in [3.63, 3.8) is 0 Å². The molecule has 10 heteroatoms. The van der Waals surface area contributed by atoms with Crippen LogP contribution >= 0.6 is 0 Å². The first-order chi connectivity index (χ1) is 17.4. The summed E-state index contributed by atoms with van der Waals surface area (Å²) in [6.07, 6.45) is 3.40. The summed E-state index contributed by atoms with van der Waals surface area (Å²) in [7, 11) is -3.56. The van der Waals surface area contributed by atoms with Gasteiger partial charge in [0.15, 0.2) is 0 Å². The standard InChI is InChI=1S/C26H31N5O4S/c1-19-11-12-22(16-23(19)36(33,34)31-14-5-6-15-31)27-26(32)21-10-7-13-30(17-21)18-24-28-25(29-35-24)20-8-3-2-4-9-20/h2-4,8-9,11-12,16,21H,5-7,10,13-15,17-18H2,1H3,(H,27,32). The zero-order valence-electron chi connectivity index (χ0n) is 20.4. The number of hydrogen-bond acceptors (Lipinski definition) is 7. The molecule has 5 rings (SSSR count). The smallest absolute Gasteiger partial charge is 0.243 e. The van der Waals surface area contributed by atoms with Gasteiger partial charge in [0.25, 0.3) is 0 Å². The van der Waals surface area contributed by atoms with Gasteiger partial charge in [0.05, 0.1) is 17.4 Å². The molecule has 2 aliphatic heterocycles. The summed E-state index contributed by atoms with van der Waals surface area (Å²) in [6.45, 7) is 4.77. The molecule has 2 aliphatic rings. The highest BCUT2D eigenvalue weighted by Gasteiger charge is 2.30. The van der Waals surface area contributed by atoms with E-state index in [0.29, 0.717) is 49.1 Å². The van der Waals surface area contributed by atoms with E-state index in [2.05, 4.69) is 20.4 Å². The van der Waals surface area contributed by atoms with Crippen molar-refractivity contribution >= 4 is 21.6 Å². The van der Waals surface area contributed by atoms with Gasteiger partial charge in [-0.3, -0.25) is 9.69 Å². The van der Waals surface area contributed by atoms with Crippen LogP contribution in [0.2, 0.25) is 0 Å². The maximum absolute atomic E-state index is 13.1.